The van der Waals surface area contributed by atoms with Crippen LogP contribution in [0.3, 0.4) is 0 Å². The van der Waals surface area contributed by atoms with E-state index in [1.165, 1.54) is 12.8 Å². The van der Waals surface area contributed by atoms with E-state index < -0.39 is 0 Å². The van der Waals surface area contributed by atoms with E-state index in [-0.39, 0.29) is 12.1 Å². The molecule has 2 unspecified atom stereocenters. The van der Waals surface area contributed by atoms with Gasteiger partial charge in [-0.3, -0.25) is 10.1 Å². The van der Waals surface area contributed by atoms with E-state index in [0.717, 1.165) is 23.7 Å². The van der Waals surface area contributed by atoms with Crippen LogP contribution in [-0.4, -0.2) is 30.0 Å². The molecule has 1 amide bonds. The second-order valence-electron chi connectivity index (χ2n) is 6.11. The maximum Gasteiger partial charge on any atom is 0.238 e. The Morgan fingerprint density at radius 1 is 1.33 bits per heavy atom. The number of nitrogens with zero attached hydrogens (tertiary/aromatic N) is 1. The molecule has 1 aliphatic heterocycles. The smallest absolute Gasteiger partial charge is 0.238 e. The second kappa shape index (κ2) is 6.06. The van der Waals surface area contributed by atoms with E-state index >= 15 is 0 Å². The van der Waals surface area contributed by atoms with Crippen LogP contribution in [0.15, 0.2) is 24.3 Å². The van der Waals surface area contributed by atoms with Crippen molar-refractivity contribution in [3.8, 4) is 5.75 Å². The minimum atomic E-state index is 0.00178. The zero-order chi connectivity index (χ0) is 14.8. The van der Waals surface area contributed by atoms with Gasteiger partial charge in [-0.2, -0.15) is 0 Å². The Balaban J connectivity index is 1.73. The number of nitrogens with one attached hydrogen (secondary N) is 1. The maximum atomic E-state index is 12.2. The van der Waals surface area contributed by atoms with E-state index in [0.29, 0.717) is 19.2 Å². The predicted octanol–water partition coefficient (Wildman–Crippen LogP) is 2.70. The normalized spacial score (nSPS) is 23.4. The van der Waals surface area contributed by atoms with E-state index in [4.69, 9.17) is 4.74 Å². The van der Waals surface area contributed by atoms with Gasteiger partial charge in [0.2, 0.25) is 5.91 Å². The van der Waals surface area contributed by atoms with Crippen molar-refractivity contribution < 1.29 is 9.53 Å². The van der Waals surface area contributed by atoms with Crippen LogP contribution in [0.4, 0.5) is 0 Å². The number of rotatable bonds is 6. The molecule has 3 rings (SSSR count). The van der Waals surface area contributed by atoms with Crippen LogP contribution in [0.5, 0.6) is 5.75 Å². The lowest BCUT2D eigenvalue weighted by atomic mass is 10.1. The lowest BCUT2D eigenvalue weighted by Crippen LogP contribution is -2.38. The highest BCUT2D eigenvalue weighted by Gasteiger charge is 2.37. The predicted molar refractivity (Wildman–Crippen MR) is 82.0 cm³/mol. The van der Waals surface area contributed by atoms with E-state index in [1.54, 1.807) is 0 Å². The third-order valence-electron chi connectivity index (χ3n) is 4.37. The Labute approximate surface area is 126 Å². The van der Waals surface area contributed by atoms with Gasteiger partial charge in [-0.15, -0.1) is 0 Å². The summed E-state index contributed by atoms with van der Waals surface area (Å²) in [4.78, 5) is 14.2. The van der Waals surface area contributed by atoms with E-state index in [2.05, 4.69) is 24.4 Å². The van der Waals surface area contributed by atoms with Gasteiger partial charge in [0.15, 0.2) is 0 Å². The summed E-state index contributed by atoms with van der Waals surface area (Å²) in [7, 11) is 0. The van der Waals surface area contributed by atoms with Gasteiger partial charge in [0.25, 0.3) is 0 Å². The van der Waals surface area contributed by atoms with Crippen LogP contribution < -0.4 is 10.1 Å². The molecule has 4 nitrogen and oxygen atoms in total. The topological polar surface area (TPSA) is 41.6 Å². The molecular formula is C17H24N2O2. The second-order valence-corrected chi connectivity index (χ2v) is 6.11. The zero-order valence-corrected chi connectivity index (χ0v) is 12.8. The van der Waals surface area contributed by atoms with E-state index in [9.17, 15) is 4.79 Å². The van der Waals surface area contributed by atoms with Crippen molar-refractivity contribution in [2.24, 2.45) is 5.92 Å². The fourth-order valence-corrected chi connectivity index (χ4v) is 3.16. The van der Waals surface area contributed by atoms with Gasteiger partial charge in [0.1, 0.15) is 11.9 Å². The molecule has 4 heteroatoms. The molecule has 2 atom stereocenters. The quantitative estimate of drug-likeness (QED) is 0.875. The van der Waals surface area contributed by atoms with Gasteiger partial charge in [-0.1, -0.05) is 25.0 Å². The van der Waals surface area contributed by atoms with Gasteiger partial charge in [0.05, 0.1) is 13.2 Å². The summed E-state index contributed by atoms with van der Waals surface area (Å²) < 4.78 is 5.48. The highest BCUT2D eigenvalue weighted by molar-refractivity contribution is 5.81. The zero-order valence-electron chi connectivity index (χ0n) is 12.8. The highest BCUT2D eigenvalue weighted by Crippen LogP contribution is 2.37. The number of benzene rings is 1. The third-order valence-corrected chi connectivity index (χ3v) is 4.37. The summed E-state index contributed by atoms with van der Waals surface area (Å²) in [5.41, 5.74) is 1.13. The van der Waals surface area contributed by atoms with Crippen LogP contribution in [0.2, 0.25) is 0 Å². The fourth-order valence-electron chi connectivity index (χ4n) is 3.16. The summed E-state index contributed by atoms with van der Waals surface area (Å²) in [6.07, 6.45) is 3.78. The van der Waals surface area contributed by atoms with Crippen LogP contribution in [0.1, 0.15) is 44.8 Å². The first kappa shape index (κ1) is 14.4. The van der Waals surface area contributed by atoms with Crippen molar-refractivity contribution in [1.29, 1.82) is 0 Å². The number of carbonyl (C=O) groups is 1. The summed E-state index contributed by atoms with van der Waals surface area (Å²) in [6.45, 7) is 5.26. The molecule has 114 valence electrons. The summed E-state index contributed by atoms with van der Waals surface area (Å²) in [5, 5.41) is 3.33. The Kier molecular flexibility index (Phi) is 4.15. The average molecular weight is 288 g/mol. The summed E-state index contributed by atoms with van der Waals surface area (Å²) >= 11 is 0. The first-order valence-corrected chi connectivity index (χ1v) is 7.96. The summed E-state index contributed by atoms with van der Waals surface area (Å²) in [5.74, 6) is 1.92. The molecule has 2 aliphatic rings. The Hall–Kier alpha value is -1.55. The van der Waals surface area contributed by atoms with Crippen LogP contribution in [0.25, 0.3) is 0 Å². The van der Waals surface area contributed by atoms with Gasteiger partial charge >= 0.3 is 0 Å². The van der Waals surface area contributed by atoms with Gasteiger partial charge in [-0.05, 0) is 43.9 Å². The Morgan fingerprint density at radius 2 is 2.05 bits per heavy atom. The number of hydrogen-bond acceptors (Lipinski definition) is 3. The Bertz CT molecular complexity index is 496. The molecule has 1 saturated heterocycles. The SMILES string of the molecule is CCOc1ccc(C2NCC(=O)N2C(C)CC2CC2)cc1. The Morgan fingerprint density at radius 3 is 2.67 bits per heavy atom. The molecule has 0 spiro atoms. The molecule has 1 aromatic carbocycles. The molecule has 1 heterocycles. The summed E-state index contributed by atoms with van der Waals surface area (Å²) in [6, 6.07) is 8.37. The minimum absolute atomic E-state index is 0.00178. The van der Waals surface area contributed by atoms with Crippen LogP contribution >= 0.6 is 0 Å². The van der Waals surface area contributed by atoms with Gasteiger partial charge in [-0.25, -0.2) is 0 Å². The molecule has 21 heavy (non-hydrogen) atoms. The van der Waals surface area contributed by atoms with Gasteiger partial charge in [0, 0.05) is 6.04 Å². The van der Waals surface area contributed by atoms with Crippen molar-refractivity contribution in [2.75, 3.05) is 13.2 Å². The molecule has 1 N–H and O–H groups in total. The maximum absolute atomic E-state index is 12.2. The lowest BCUT2D eigenvalue weighted by molar-refractivity contribution is -0.130. The van der Waals surface area contributed by atoms with Crippen LogP contribution in [0, 0.1) is 5.92 Å². The van der Waals surface area contributed by atoms with Crippen molar-refractivity contribution in [2.45, 2.75) is 45.3 Å². The largest absolute Gasteiger partial charge is 0.494 e. The molecular weight excluding hydrogens is 264 g/mol. The third kappa shape index (κ3) is 3.21. The van der Waals surface area contributed by atoms with Crippen molar-refractivity contribution in [3.63, 3.8) is 0 Å². The van der Waals surface area contributed by atoms with Crippen molar-refractivity contribution in [1.82, 2.24) is 10.2 Å². The number of carbonyl (C=O) groups excluding carboxylic acids is 1. The number of hydrogen-bond donors (Lipinski definition) is 1. The van der Waals surface area contributed by atoms with E-state index in [1.807, 2.05) is 24.0 Å². The van der Waals surface area contributed by atoms with Gasteiger partial charge < -0.3 is 9.64 Å². The molecule has 1 saturated carbocycles. The van der Waals surface area contributed by atoms with Crippen LogP contribution in [-0.2, 0) is 4.79 Å². The first-order chi connectivity index (χ1) is 10.2. The molecule has 0 aromatic heterocycles. The molecule has 0 bridgehead atoms. The molecule has 1 aromatic rings. The first-order valence-electron chi connectivity index (χ1n) is 7.96. The highest BCUT2D eigenvalue weighted by atomic mass is 16.5. The average Bonchev–Trinajstić information content (AvgIpc) is 3.20. The molecule has 2 fully saturated rings. The standard InChI is InChI=1S/C17H24N2O2/c1-3-21-15-8-6-14(7-9-15)17-18-11-16(20)19(17)12(2)10-13-4-5-13/h6-9,12-13,17-18H,3-5,10-11H2,1-2H3. The molecule has 1 aliphatic carbocycles. The monoisotopic (exact) mass is 288 g/mol. The lowest BCUT2D eigenvalue weighted by Gasteiger charge is -2.31. The molecule has 0 radical (unpaired) electrons. The number of ether oxygens (including phenoxy) is 1. The fraction of sp³-hybridized carbons (Fsp3) is 0.588. The minimum Gasteiger partial charge on any atom is -0.494 e. The number of amides is 1. The van der Waals surface area contributed by atoms with Crippen molar-refractivity contribution in [3.05, 3.63) is 29.8 Å². The van der Waals surface area contributed by atoms with Crippen molar-refractivity contribution >= 4 is 5.91 Å².